The number of carbonyl (C=O) groups excluding carboxylic acids is 4. The number of hydrogen-bond acceptors (Lipinski definition) is 5. The number of ketones is 1. The summed E-state index contributed by atoms with van der Waals surface area (Å²) in [7, 11) is 3.87. The maximum absolute atomic E-state index is 14.2. The number of hydrogen-bond donors (Lipinski definition) is 1. The Morgan fingerprint density at radius 3 is 2.12 bits per heavy atom. The Morgan fingerprint density at radius 2 is 1.45 bits per heavy atom. The largest absolute Gasteiger partial charge is 0.378 e. The molecule has 0 aromatic heterocycles. The van der Waals surface area contributed by atoms with Gasteiger partial charge in [-0.1, -0.05) is 72.3 Å². The van der Waals surface area contributed by atoms with E-state index in [4.69, 9.17) is 0 Å². The van der Waals surface area contributed by atoms with E-state index in [1.165, 1.54) is 9.80 Å². The quantitative estimate of drug-likeness (QED) is 0.291. The summed E-state index contributed by atoms with van der Waals surface area (Å²) < 4.78 is 0. The number of anilines is 3. The highest BCUT2D eigenvalue weighted by Crippen LogP contribution is 2.31. The van der Waals surface area contributed by atoms with E-state index in [0.29, 0.717) is 16.9 Å². The topological polar surface area (TPSA) is 90.0 Å². The van der Waals surface area contributed by atoms with Gasteiger partial charge < -0.3 is 15.1 Å². The van der Waals surface area contributed by atoms with Crippen LogP contribution in [-0.2, 0) is 20.9 Å². The van der Waals surface area contributed by atoms with Crippen molar-refractivity contribution in [1.29, 1.82) is 0 Å². The van der Waals surface area contributed by atoms with Gasteiger partial charge >= 0.3 is 0 Å². The molecule has 1 unspecified atom stereocenters. The molecular weight excluding hydrogens is 528 g/mol. The minimum atomic E-state index is -1.02. The van der Waals surface area contributed by atoms with Gasteiger partial charge in [0.15, 0.2) is 0 Å². The van der Waals surface area contributed by atoms with Crippen molar-refractivity contribution in [1.82, 2.24) is 4.90 Å². The van der Waals surface area contributed by atoms with Crippen molar-refractivity contribution in [3.63, 3.8) is 0 Å². The molecule has 0 fully saturated rings. The van der Waals surface area contributed by atoms with Gasteiger partial charge in [0, 0.05) is 32.0 Å². The molecule has 1 aliphatic heterocycles. The third-order valence-electron chi connectivity index (χ3n) is 7.29. The van der Waals surface area contributed by atoms with E-state index in [9.17, 15) is 19.2 Å². The minimum absolute atomic E-state index is 0.114. The zero-order valence-electron chi connectivity index (χ0n) is 23.8. The van der Waals surface area contributed by atoms with Gasteiger partial charge in [-0.15, -0.1) is 0 Å². The molecule has 1 heterocycles. The summed E-state index contributed by atoms with van der Waals surface area (Å²) in [6.07, 6.45) is 0. The first-order chi connectivity index (χ1) is 20.2. The van der Waals surface area contributed by atoms with Crippen LogP contribution in [0.3, 0.4) is 0 Å². The third kappa shape index (κ3) is 5.93. The van der Waals surface area contributed by atoms with E-state index < -0.39 is 29.5 Å². The second-order valence-corrected chi connectivity index (χ2v) is 10.5. The molecule has 0 bridgehead atoms. The van der Waals surface area contributed by atoms with Crippen molar-refractivity contribution in [3.05, 3.63) is 125 Å². The van der Waals surface area contributed by atoms with Crippen LogP contribution in [0.4, 0.5) is 17.1 Å². The van der Waals surface area contributed by atoms with Crippen LogP contribution in [0.5, 0.6) is 0 Å². The molecule has 1 atom stereocenters. The number of Topliss-reactive ketones (excluding diaryl/α,β-unsaturated/α-hetero) is 1. The molecule has 0 saturated heterocycles. The van der Waals surface area contributed by atoms with E-state index in [1.807, 2.05) is 92.6 Å². The molecule has 42 heavy (non-hydrogen) atoms. The predicted molar refractivity (Wildman–Crippen MR) is 163 cm³/mol. The van der Waals surface area contributed by atoms with E-state index in [-0.39, 0.29) is 18.7 Å². The van der Waals surface area contributed by atoms with E-state index in [1.54, 1.807) is 36.4 Å². The summed E-state index contributed by atoms with van der Waals surface area (Å²) in [5, 5.41) is 2.98. The molecule has 0 radical (unpaired) electrons. The summed E-state index contributed by atoms with van der Waals surface area (Å²) in [4.78, 5) is 58.4. The van der Waals surface area contributed by atoms with Crippen LogP contribution < -0.4 is 15.1 Å². The summed E-state index contributed by atoms with van der Waals surface area (Å²) in [5.74, 6) is -2.28. The van der Waals surface area contributed by atoms with Gasteiger partial charge in [-0.3, -0.25) is 24.1 Å². The fourth-order valence-electron chi connectivity index (χ4n) is 5.01. The van der Waals surface area contributed by atoms with E-state index in [2.05, 4.69) is 5.32 Å². The van der Waals surface area contributed by atoms with Gasteiger partial charge in [0.25, 0.3) is 17.6 Å². The second kappa shape index (κ2) is 12.1. The van der Waals surface area contributed by atoms with Crippen molar-refractivity contribution in [3.8, 4) is 0 Å². The SMILES string of the molecule is Cc1ccc(CN(C(=O)CN2C(=O)C(=O)c3ccccc32)C(C(=O)Nc2ccc(N(C)C)cc2)c2ccccc2)cc1. The number of carbonyl (C=O) groups is 4. The van der Waals surface area contributed by atoms with Gasteiger partial charge in [-0.25, -0.2) is 0 Å². The van der Waals surface area contributed by atoms with Crippen LogP contribution in [-0.4, -0.2) is 49.0 Å². The summed E-state index contributed by atoms with van der Waals surface area (Å²) in [6.45, 7) is 1.70. The van der Waals surface area contributed by atoms with Gasteiger partial charge in [0.05, 0.1) is 11.3 Å². The lowest BCUT2D eigenvalue weighted by Crippen LogP contribution is -2.46. The smallest absolute Gasteiger partial charge is 0.299 e. The monoisotopic (exact) mass is 560 g/mol. The third-order valence-corrected chi connectivity index (χ3v) is 7.29. The van der Waals surface area contributed by atoms with Gasteiger partial charge in [0.1, 0.15) is 12.6 Å². The Hall–Kier alpha value is -5.24. The summed E-state index contributed by atoms with van der Waals surface area (Å²) >= 11 is 0. The zero-order chi connectivity index (χ0) is 29.8. The van der Waals surface area contributed by atoms with E-state index in [0.717, 1.165) is 16.8 Å². The highest BCUT2D eigenvalue weighted by Gasteiger charge is 2.39. The minimum Gasteiger partial charge on any atom is -0.378 e. The predicted octanol–water partition coefficient (Wildman–Crippen LogP) is 5.00. The Balaban J connectivity index is 1.52. The number of rotatable bonds is 9. The number of benzene rings is 4. The first-order valence-corrected chi connectivity index (χ1v) is 13.7. The molecule has 0 aliphatic carbocycles. The van der Waals surface area contributed by atoms with Crippen molar-refractivity contribution < 1.29 is 19.2 Å². The Morgan fingerprint density at radius 1 is 0.810 bits per heavy atom. The number of nitrogens with zero attached hydrogens (tertiary/aromatic N) is 3. The van der Waals surface area contributed by atoms with Gasteiger partial charge in [-0.05, 0) is 54.4 Å². The van der Waals surface area contributed by atoms with Crippen LogP contribution >= 0.6 is 0 Å². The summed E-state index contributed by atoms with van der Waals surface area (Å²) in [6, 6.07) is 29.8. The molecule has 5 rings (SSSR count). The van der Waals surface area contributed by atoms with Crippen molar-refractivity contribution >= 4 is 40.6 Å². The Kier molecular flexibility index (Phi) is 8.15. The molecule has 3 amide bonds. The fraction of sp³-hybridized carbons (Fsp3) is 0.176. The number of para-hydroxylation sites is 1. The van der Waals surface area contributed by atoms with Crippen LogP contribution in [0.2, 0.25) is 0 Å². The number of nitrogens with one attached hydrogen (secondary N) is 1. The Bertz CT molecular complexity index is 1620. The van der Waals surface area contributed by atoms with Crippen LogP contribution in [0.15, 0.2) is 103 Å². The molecule has 8 nitrogen and oxygen atoms in total. The number of amides is 3. The zero-order valence-corrected chi connectivity index (χ0v) is 23.8. The standard InChI is InChI=1S/C34H32N4O4/c1-23-13-15-24(16-14-23)21-38(30(39)22-37-29-12-8-7-11-28(29)32(40)34(37)42)31(25-9-5-4-6-10-25)33(41)35-26-17-19-27(20-18-26)36(2)3/h4-20,31H,21-22H2,1-3H3,(H,35,41). The van der Waals surface area contributed by atoms with Crippen LogP contribution in [0.1, 0.15) is 33.1 Å². The maximum Gasteiger partial charge on any atom is 0.299 e. The summed E-state index contributed by atoms with van der Waals surface area (Å²) in [5.41, 5.74) is 4.72. The van der Waals surface area contributed by atoms with Crippen LogP contribution in [0.25, 0.3) is 0 Å². The molecule has 4 aromatic carbocycles. The average molecular weight is 561 g/mol. The molecule has 0 spiro atoms. The lowest BCUT2D eigenvalue weighted by atomic mass is 10.0. The van der Waals surface area contributed by atoms with Crippen molar-refractivity contribution in [2.75, 3.05) is 35.8 Å². The molecule has 4 aromatic rings. The molecular formula is C34H32N4O4. The lowest BCUT2D eigenvalue weighted by molar-refractivity contribution is -0.139. The van der Waals surface area contributed by atoms with Gasteiger partial charge in [-0.2, -0.15) is 0 Å². The Labute approximate surface area is 245 Å². The maximum atomic E-state index is 14.2. The van der Waals surface area contributed by atoms with Crippen LogP contribution in [0, 0.1) is 6.92 Å². The lowest BCUT2D eigenvalue weighted by Gasteiger charge is -2.33. The fourth-order valence-corrected chi connectivity index (χ4v) is 5.01. The van der Waals surface area contributed by atoms with Crippen molar-refractivity contribution in [2.45, 2.75) is 19.5 Å². The molecule has 1 aliphatic rings. The first kappa shape index (κ1) is 28.3. The highest BCUT2D eigenvalue weighted by atomic mass is 16.2. The number of fused-ring (bicyclic) bond motifs is 1. The molecule has 8 heteroatoms. The molecule has 0 saturated carbocycles. The molecule has 212 valence electrons. The average Bonchev–Trinajstić information content (AvgIpc) is 3.23. The van der Waals surface area contributed by atoms with Crippen molar-refractivity contribution in [2.24, 2.45) is 0 Å². The van der Waals surface area contributed by atoms with E-state index >= 15 is 0 Å². The second-order valence-electron chi connectivity index (χ2n) is 10.5. The number of aryl methyl sites for hydroxylation is 1. The highest BCUT2D eigenvalue weighted by molar-refractivity contribution is 6.52. The first-order valence-electron chi connectivity index (χ1n) is 13.7. The van der Waals surface area contributed by atoms with Gasteiger partial charge in [0.2, 0.25) is 5.91 Å². The normalized spacial score (nSPS) is 13.0. The molecule has 1 N–H and O–H groups in total.